The summed E-state index contributed by atoms with van der Waals surface area (Å²) in [7, 11) is 0. The Bertz CT molecular complexity index is 331. The van der Waals surface area contributed by atoms with E-state index in [1.807, 2.05) is 6.07 Å². The van der Waals surface area contributed by atoms with Crippen LogP contribution >= 0.6 is 15.9 Å². The summed E-state index contributed by atoms with van der Waals surface area (Å²) in [4.78, 5) is 8.87. The molecular weight excluding hydrogens is 254 g/mol. The van der Waals surface area contributed by atoms with Gasteiger partial charge >= 0.3 is 0 Å². The predicted molar refractivity (Wildman–Crippen MR) is 67.2 cm³/mol. The minimum Gasteiger partial charge on any atom is -0.370 e. The summed E-state index contributed by atoms with van der Waals surface area (Å²) >= 11 is 3.41. The molecule has 3 nitrogen and oxygen atoms in total. The number of hydrogen-bond donors (Lipinski definition) is 1. The Hall–Kier alpha value is -0.640. The fourth-order valence-corrected chi connectivity index (χ4v) is 1.48. The van der Waals surface area contributed by atoms with Crippen LogP contribution in [0.5, 0.6) is 0 Å². The maximum atomic E-state index is 4.49. The minimum absolute atomic E-state index is 0.0214. The van der Waals surface area contributed by atoms with E-state index in [1.54, 1.807) is 0 Å². The van der Waals surface area contributed by atoms with Crippen molar-refractivity contribution in [2.75, 3.05) is 11.9 Å². The van der Waals surface area contributed by atoms with Gasteiger partial charge in [-0.3, -0.25) is 0 Å². The third-order valence-electron chi connectivity index (χ3n) is 1.92. The molecule has 0 aliphatic heterocycles. The molecule has 0 atom stereocenters. The summed E-state index contributed by atoms with van der Waals surface area (Å²) in [5, 5.41) is 3.27. The summed E-state index contributed by atoms with van der Waals surface area (Å²) < 4.78 is 0.834. The fraction of sp³-hybridized carbons (Fsp3) is 0.636. The predicted octanol–water partition coefficient (Wildman–Crippen LogP) is 3.36. The van der Waals surface area contributed by atoms with Gasteiger partial charge < -0.3 is 5.32 Å². The number of aromatic nitrogens is 2. The zero-order chi connectivity index (χ0) is 11.5. The summed E-state index contributed by atoms with van der Waals surface area (Å²) in [5.41, 5.74) is -0.0214. The van der Waals surface area contributed by atoms with E-state index in [9.17, 15) is 0 Å². The number of hydrogen-bond acceptors (Lipinski definition) is 3. The lowest BCUT2D eigenvalue weighted by molar-refractivity contribution is 0.544. The molecular formula is C11H18BrN3. The molecule has 1 heterocycles. The Labute approximate surface area is 99.8 Å². The van der Waals surface area contributed by atoms with Gasteiger partial charge in [0.2, 0.25) is 0 Å². The Morgan fingerprint density at radius 1 is 1.33 bits per heavy atom. The van der Waals surface area contributed by atoms with Crippen molar-refractivity contribution in [3.8, 4) is 0 Å². The second kappa shape index (κ2) is 4.92. The Morgan fingerprint density at radius 2 is 2.00 bits per heavy atom. The van der Waals surface area contributed by atoms with Crippen molar-refractivity contribution in [3.05, 3.63) is 16.5 Å². The third-order valence-corrected chi connectivity index (χ3v) is 2.33. The molecule has 84 valence electrons. The molecule has 0 amide bonds. The SMILES string of the molecule is CCCNc1cc(Br)nc(C(C)(C)C)n1. The molecule has 0 aliphatic carbocycles. The van der Waals surface area contributed by atoms with Gasteiger partial charge in [-0.2, -0.15) is 0 Å². The van der Waals surface area contributed by atoms with Crippen LogP contribution in [0.15, 0.2) is 10.7 Å². The van der Waals surface area contributed by atoms with Crippen LogP contribution in [0.4, 0.5) is 5.82 Å². The molecule has 1 aromatic rings. The average molecular weight is 272 g/mol. The number of anilines is 1. The first-order chi connectivity index (χ1) is 6.93. The highest BCUT2D eigenvalue weighted by Crippen LogP contribution is 2.22. The Balaban J connectivity index is 2.95. The maximum Gasteiger partial charge on any atom is 0.137 e. The van der Waals surface area contributed by atoms with Crippen LogP contribution in [0.1, 0.15) is 39.9 Å². The first-order valence-electron chi connectivity index (χ1n) is 5.22. The van der Waals surface area contributed by atoms with Crippen molar-refractivity contribution in [2.45, 2.75) is 39.5 Å². The van der Waals surface area contributed by atoms with Gasteiger partial charge in [0.05, 0.1) is 0 Å². The lowest BCUT2D eigenvalue weighted by atomic mass is 9.96. The van der Waals surface area contributed by atoms with Crippen molar-refractivity contribution in [2.24, 2.45) is 0 Å². The smallest absolute Gasteiger partial charge is 0.137 e. The van der Waals surface area contributed by atoms with Crippen LogP contribution < -0.4 is 5.32 Å². The zero-order valence-electron chi connectivity index (χ0n) is 9.76. The first kappa shape index (κ1) is 12.4. The van der Waals surface area contributed by atoms with Gasteiger partial charge in [-0.05, 0) is 22.4 Å². The molecule has 1 aromatic heterocycles. The van der Waals surface area contributed by atoms with Gasteiger partial charge in [-0.1, -0.05) is 27.7 Å². The molecule has 1 rings (SSSR count). The van der Waals surface area contributed by atoms with Crippen molar-refractivity contribution < 1.29 is 0 Å². The van der Waals surface area contributed by atoms with Crippen LogP contribution in [-0.2, 0) is 5.41 Å². The van der Waals surface area contributed by atoms with E-state index in [0.717, 1.165) is 29.2 Å². The lowest BCUT2D eigenvalue weighted by Crippen LogP contribution is -2.17. The van der Waals surface area contributed by atoms with E-state index >= 15 is 0 Å². The third kappa shape index (κ3) is 3.78. The summed E-state index contributed by atoms with van der Waals surface area (Å²) in [6, 6.07) is 1.91. The molecule has 0 saturated heterocycles. The van der Waals surface area contributed by atoms with E-state index in [2.05, 4.69) is 58.9 Å². The van der Waals surface area contributed by atoms with E-state index in [4.69, 9.17) is 0 Å². The molecule has 15 heavy (non-hydrogen) atoms. The molecule has 0 aliphatic rings. The monoisotopic (exact) mass is 271 g/mol. The summed E-state index contributed by atoms with van der Waals surface area (Å²) in [6.07, 6.45) is 1.09. The van der Waals surface area contributed by atoms with E-state index < -0.39 is 0 Å². The summed E-state index contributed by atoms with van der Waals surface area (Å²) in [6.45, 7) is 9.40. The second-order valence-corrected chi connectivity index (χ2v) is 5.39. The van der Waals surface area contributed by atoms with Crippen molar-refractivity contribution in [3.63, 3.8) is 0 Å². The fourth-order valence-electron chi connectivity index (χ4n) is 1.10. The molecule has 0 bridgehead atoms. The number of nitrogens with zero attached hydrogens (tertiary/aromatic N) is 2. The van der Waals surface area contributed by atoms with Gasteiger partial charge in [0, 0.05) is 18.0 Å². The normalized spacial score (nSPS) is 11.5. The van der Waals surface area contributed by atoms with Crippen LogP contribution in [-0.4, -0.2) is 16.5 Å². The van der Waals surface area contributed by atoms with Crippen molar-refractivity contribution in [1.82, 2.24) is 9.97 Å². The highest BCUT2D eigenvalue weighted by molar-refractivity contribution is 9.10. The van der Waals surface area contributed by atoms with E-state index in [1.165, 1.54) is 0 Å². The lowest BCUT2D eigenvalue weighted by Gasteiger charge is -2.17. The van der Waals surface area contributed by atoms with E-state index in [-0.39, 0.29) is 5.41 Å². The van der Waals surface area contributed by atoms with Crippen LogP contribution in [0.25, 0.3) is 0 Å². The van der Waals surface area contributed by atoms with Crippen LogP contribution in [0.3, 0.4) is 0 Å². The average Bonchev–Trinajstić information content (AvgIpc) is 2.12. The molecule has 1 N–H and O–H groups in total. The highest BCUT2D eigenvalue weighted by Gasteiger charge is 2.18. The number of halogens is 1. The molecule has 4 heteroatoms. The topological polar surface area (TPSA) is 37.8 Å². The van der Waals surface area contributed by atoms with Gasteiger partial charge in [0.1, 0.15) is 16.2 Å². The largest absolute Gasteiger partial charge is 0.370 e. The molecule has 0 saturated carbocycles. The summed E-state index contributed by atoms with van der Waals surface area (Å²) in [5.74, 6) is 1.75. The Morgan fingerprint density at radius 3 is 2.53 bits per heavy atom. The highest BCUT2D eigenvalue weighted by atomic mass is 79.9. The molecule has 0 fully saturated rings. The molecule has 0 aromatic carbocycles. The van der Waals surface area contributed by atoms with E-state index in [0.29, 0.717) is 0 Å². The van der Waals surface area contributed by atoms with Gasteiger partial charge in [0.15, 0.2) is 0 Å². The van der Waals surface area contributed by atoms with Crippen LogP contribution in [0.2, 0.25) is 0 Å². The standard InChI is InChI=1S/C11H18BrN3/c1-5-6-13-9-7-8(12)14-10(15-9)11(2,3)4/h7H,5-6H2,1-4H3,(H,13,14,15). The van der Waals surface area contributed by atoms with Crippen molar-refractivity contribution >= 4 is 21.7 Å². The van der Waals surface area contributed by atoms with Gasteiger partial charge in [0.25, 0.3) is 0 Å². The van der Waals surface area contributed by atoms with Crippen LogP contribution in [0, 0.1) is 0 Å². The quantitative estimate of drug-likeness (QED) is 0.857. The number of rotatable bonds is 3. The van der Waals surface area contributed by atoms with Gasteiger partial charge in [-0.15, -0.1) is 0 Å². The minimum atomic E-state index is -0.0214. The molecule has 0 radical (unpaired) electrons. The number of nitrogens with one attached hydrogen (secondary N) is 1. The first-order valence-corrected chi connectivity index (χ1v) is 6.01. The van der Waals surface area contributed by atoms with Gasteiger partial charge in [-0.25, -0.2) is 9.97 Å². The molecule has 0 spiro atoms. The molecule has 0 unspecified atom stereocenters. The maximum absolute atomic E-state index is 4.49. The Kier molecular flexibility index (Phi) is 4.08. The van der Waals surface area contributed by atoms with Crippen molar-refractivity contribution in [1.29, 1.82) is 0 Å². The second-order valence-electron chi connectivity index (χ2n) is 4.58. The zero-order valence-corrected chi connectivity index (χ0v) is 11.3.